The fourth-order valence-electron chi connectivity index (χ4n) is 7.91. The number of nitrogens with zero attached hydrogens (tertiary/aromatic N) is 5. The van der Waals surface area contributed by atoms with Crippen LogP contribution in [0.15, 0.2) is 36.8 Å². The van der Waals surface area contributed by atoms with Crippen LogP contribution in [0.4, 0.5) is 0 Å². The number of aryl methyl sites for hydroxylation is 1. The normalized spacial score (nSPS) is 23.8. The fourth-order valence-corrected chi connectivity index (χ4v) is 8.67. The van der Waals surface area contributed by atoms with E-state index in [9.17, 15) is 0 Å². The van der Waals surface area contributed by atoms with Crippen molar-refractivity contribution in [3.8, 4) is 0 Å². The average molecular weight is 701 g/mol. The molecule has 4 aromatic rings. The molecule has 50 heavy (non-hydrogen) atoms. The van der Waals surface area contributed by atoms with Gasteiger partial charge in [-0.3, -0.25) is 0 Å². The molecule has 272 valence electrons. The maximum atomic E-state index is 6.57. The van der Waals surface area contributed by atoms with Crippen LogP contribution >= 0.6 is 0 Å². The Morgan fingerprint density at radius 3 is 2.60 bits per heavy atom. The van der Waals surface area contributed by atoms with E-state index in [1.165, 1.54) is 41.0 Å². The summed E-state index contributed by atoms with van der Waals surface area (Å²) < 4.78 is 24.0. The lowest BCUT2D eigenvalue weighted by atomic mass is 9.87. The molecule has 1 aromatic carbocycles. The van der Waals surface area contributed by atoms with Gasteiger partial charge in [0.25, 0.3) is 0 Å². The predicted octanol–water partition coefficient (Wildman–Crippen LogP) is 8.04. The molecule has 10 heteroatoms. The molecule has 4 atom stereocenters. The molecule has 3 aliphatic rings. The van der Waals surface area contributed by atoms with Crippen LogP contribution in [0.1, 0.15) is 89.8 Å². The quantitative estimate of drug-likeness (QED) is 0.0993. The highest BCUT2D eigenvalue weighted by Gasteiger charge is 2.54. The molecule has 2 aliphatic carbocycles. The lowest BCUT2D eigenvalue weighted by Gasteiger charge is -2.24. The third kappa shape index (κ3) is 8.04. The summed E-state index contributed by atoms with van der Waals surface area (Å²) in [6, 6.07) is 10.3. The molecule has 0 unspecified atom stereocenters. The van der Waals surface area contributed by atoms with E-state index in [0.717, 1.165) is 74.7 Å². The van der Waals surface area contributed by atoms with Gasteiger partial charge >= 0.3 is 0 Å². The Hall–Kier alpha value is -2.63. The Labute approximate surface area is 299 Å². The van der Waals surface area contributed by atoms with Gasteiger partial charge in [0.05, 0.1) is 28.9 Å². The zero-order chi connectivity index (χ0) is 35.3. The lowest BCUT2D eigenvalue weighted by molar-refractivity contribution is -0.160. The topological polar surface area (TPSA) is 88.2 Å². The summed E-state index contributed by atoms with van der Waals surface area (Å²) in [6.07, 6.45) is 11.8. The number of nitrogens with one attached hydrogen (secondary N) is 1. The third-order valence-corrected chi connectivity index (χ3v) is 12.7. The molecule has 0 radical (unpaired) electrons. The van der Waals surface area contributed by atoms with E-state index in [0.29, 0.717) is 12.6 Å². The van der Waals surface area contributed by atoms with Crippen LogP contribution in [0, 0.1) is 11.8 Å². The second-order valence-electron chi connectivity index (χ2n) is 18.0. The van der Waals surface area contributed by atoms with Gasteiger partial charge in [0.15, 0.2) is 5.79 Å². The van der Waals surface area contributed by atoms with E-state index < -0.39 is 13.9 Å². The molecule has 2 saturated carbocycles. The fraction of sp³-hybridized carbons (Fsp3) is 0.675. The van der Waals surface area contributed by atoms with Crippen LogP contribution in [-0.4, -0.2) is 69.9 Å². The Morgan fingerprint density at radius 1 is 1.04 bits per heavy atom. The largest absolute Gasteiger partial charge is 0.361 e. The zero-order valence-corrected chi connectivity index (χ0v) is 32.8. The molecule has 9 nitrogen and oxygen atoms in total. The number of hydrogen-bond donors (Lipinski definition) is 1. The average Bonchev–Trinajstić information content (AvgIpc) is 3.34. The molecule has 3 aromatic heterocycles. The van der Waals surface area contributed by atoms with Gasteiger partial charge in [-0.15, -0.1) is 0 Å². The van der Waals surface area contributed by atoms with Crippen molar-refractivity contribution in [2.75, 3.05) is 19.7 Å². The smallest absolute Gasteiger partial charge is 0.163 e. The number of hydrogen-bond acceptors (Lipinski definition) is 7. The van der Waals surface area contributed by atoms with Crippen LogP contribution < -0.4 is 5.32 Å². The first-order valence-electron chi connectivity index (χ1n) is 19.2. The standard InChI is InChI=1S/C40H60N6O3Si/c1-39(2,3)29-14-15-33-32(23-29)44-35(46(33)26-47-19-20-50(6,7)8)11-9-10-17-41-24-28-22-34(37-36(28)48-40(4,5)49-37)45-18-16-30-31(21-27-12-13-27)42-25-43-38(30)45/h14-16,18,23,25,27-28,34,36-37,41H,9-13,17,19-22,24,26H2,1-8H3/t28-,34-,36-,37+/m1/s1. The first kappa shape index (κ1) is 35.8. The third-order valence-electron chi connectivity index (χ3n) is 11.0. The highest BCUT2D eigenvalue weighted by molar-refractivity contribution is 6.76. The number of rotatable bonds is 15. The van der Waals surface area contributed by atoms with Crippen LogP contribution in [0.5, 0.6) is 0 Å². The molecule has 1 saturated heterocycles. The number of benzene rings is 1. The molecule has 7 rings (SSSR count). The first-order chi connectivity index (χ1) is 23.8. The number of aromatic nitrogens is 5. The molecule has 0 bridgehead atoms. The summed E-state index contributed by atoms with van der Waals surface area (Å²) in [7, 11) is -1.15. The minimum atomic E-state index is -1.15. The van der Waals surface area contributed by atoms with Gasteiger partial charge in [-0.2, -0.15) is 0 Å². The summed E-state index contributed by atoms with van der Waals surface area (Å²) >= 11 is 0. The van der Waals surface area contributed by atoms with Crippen molar-refractivity contribution in [2.24, 2.45) is 11.8 Å². The van der Waals surface area contributed by atoms with E-state index in [4.69, 9.17) is 24.2 Å². The van der Waals surface area contributed by atoms with E-state index in [1.54, 1.807) is 6.33 Å². The SMILES string of the molecule is CC1(C)O[C@@H]2[C@@H](CNCCCCc3nc4cc(C(C)(C)C)ccc4n3COCC[Si](C)(C)C)C[C@@H](n3ccc4c(CC5CC5)ncnc43)[C@@H]2O1. The van der Waals surface area contributed by atoms with Crippen molar-refractivity contribution in [3.05, 3.63) is 53.9 Å². The second-order valence-corrected chi connectivity index (χ2v) is 23.6. The highest BCUT2D eigenvalue weighted by Crippen LogP contribution is 2.47. The van der Waals surface area contributed by atoms with Crippen molar-refractivity contribution in [3.63, 3.8) is 0 Å². The van der Waals surface area contributed by atoms with Crippen LogP contribution in [0.3, 0.4) is 0 Å². The molecule has 3 fully saturated rings. The molecule has 1 aliphatic heterocycles. The highest BCUT2D eigenvalue weighted by atomic mass is 28.3. The van der Waals surface area contributed by atoms with Gasteiger partial charge in [0.2, 0.25) is 0 Å². The Kier molecular flexibility index (Phi) is 10.1. The number of fused-ring (bicyclic) bond motifs is 3. The summed E-state index contributed by atoms with van der Waals surface area (Å²) in [5.74, 6) is 1.70. The maximum absolute atomic E-state index is 6.57. The number of unbranched alkanes of at least 4 members (excludes halogenated alkanes) is 1. The number of imidazole rings is 1. The van der Waals surface area contributed by atoms with E-state index in [1.807, 2.05) is 13.8 Å². The van der Waals surface area contributed by atoms with Crippen molar-refractivity contribution in [1.29, 1.82) is 0 Å². The maximum Gasteiger partial charge on any atom is 0.163 e. The zero-order valence-electron chi connectivity index (χ0n) is 31.8. The van der Waals surface area contributed by atoms with Gasteiger partial charge in [-0.05, 0) is 100 Å². The van der Waals surface area contributed by atoms with Gasteiger partial charge in [0.1, 0.15) is 30.6 Å². The summed E-state index contributed by atoms with van der Waals surface area (Å²) in [6.45, 7) is 21.3. The predicted molar refractivity (Wildman–Crippen MR) is 203 cm³/mol. The first-order valence-corrected chi connectivity index (χ1v) is 22.9. The number of ether oxygens (including phenoxy) is 3. The van der Waals surface area contributed by atoms with Gasteiger partial charge in [0, 0.05) is 45.1 Å². The minimum Gasteiger partial charge on any atom is -0.361 e. The van der Waals surface area contributed by atoms with Crippen molar-refractivity contribution < 1.29 is 14.2 Å². The van der Waals surface area contributed by atoms with Crippen molar-refractivity contribution in [2.45, 2.75) is 141 Å². The molecule has 0 amide bonds. The molecule has 0 spiro atoms. The molecular weight excluding hydrogens is 641 g/mol. The van der Waals surface area contributed by atoms with Crippen LogP contribution in [-0.2, 0) is 39.2 Å². The Balaban J connectivity index is 0.965. The molecular formula is C40H60N6O3Si. The summed E-state index contributed by atoms with van der Waals surface area (Å²) in [5.41, 5.74) is 5.87. The summed E-state index contributed by atoms with van der Waals surface area (Å²) in [4.78, 5) is 14.6. The Bertz CT molecular complexity index is 1780. The second kappa shape index (κ2) is 14.1. The summed E-state index contributed by atoms with van der Waals surface area (Å²) in [5, 5.41) is 4.99. The van der Waals surface area contributed by atoms with Crippen LogP contribution in [0.2, 0.25) is 25.7 Å². The molecule has 1 N–H and O–H groups in total. The van der Waals surface area contributed by atoms with Crippen molar-refractivity contribution >= 4 is 30.1 Å². The lowest BCUT2D eigenvalue weighted by Crippen LogP contribution is -2.33. The van der Waals surface area contributed by atoms with E-state index in [2.05, 4.69) is 90.3 Å². The molecule has 4 heterocycles. The van der Waals surface area contributed by atoms with E-state index >= 15 is 0 Å². The van der Waals surface area contributed by atoms with Gasteiger partial charge in [-0.25, -0.2) is 15.0 Å². The van der Waals surface area contributed by atoms with Gasteiger partial charge < -0.3 is 28.7 Å². The Morgan fingerprint density at radius 2 is 1.84 bits per heavy atom. The minimum absolute atomic E-state index is 0.00833. The van der Waals surface area contributed by atoms with Crippen molar-refractivity contribution in [1.82, 2.24) is 29.4 Å². The monoisotopic (exact) mass is 700 g/mol. The van der Waals surface area contributed by atoms with E-state index in [-0.39, 0.29) is 23.7 Å². The van der Waals surface area contributed by atoms with Gasteiger partial charge in [-0.1, -0.05) is 46.5 Å². The van der Waals surface area contributed by atoms with Crippen LogP contribution in [0.25, 0.3) is 22.1 Å².